The second-order valence-electron chi connectivity index (χ2n) is 5.83. The van der Waals surface area contributed by atoms with Gasteiger partial charge in [-0.15, -0.1) is 0 Å². The van der Waals surface area contributed by atoms with Crippen molar-refractivity contribution >= 4 is 23.5 Å². The minimum atomic E-state index is -0.972. The summed E-state index contributed by atoms with van der Waals surface area (Å²) in [6, 6.07) is 6.39. The predicted octanol–water partition coefficient (Wildman–Crippen LogP) is 2.07. The van der Waals surface area contributed by atoms with E-state index in [1.807, 2.05) is 13.8 Å². The number of carboxylic acids is 1. The van der Waals surface area contributed by atoms with Gasteiger partial charge in [0.25, 0.3) is 5.91 Å². The molecular weight excluding hydrogens is 338 g/mol. The Morgan fingerprint density at radius 2 is 1.81 bits per heavy atom. The molecule has 0 radical (unpaired) electrons. The van der Waals surface area contributed by atoms with Gasteiger partial charge < -0.3 is 20.3 Å². The molecular formula is C18H21N3O5. The lowest BCUT2D eigenvalue weighted by molar-refractivity contribution is -0.136. The van der Waals surface area contributed by atoms with Crippen LogP contribution in [0, 0.1) is 13.8 Å². The third kappa shape index (κ3) is 5.44. The minimum Gasteiger partial charge on any atom is -0.481 e. The van der Waals surface area contributed by atoms with Gasteiger partial charge in [-0.1, -0.05) is 5.16 Å². The number of carbonyl (C=O) groups excluding carboxylic acids is 2. The molecule has 2 aromatic rings. The fraction of sp³-hybridized carbons (Fsp3) is 0.333. The molecule has 8 heteroatoms. The van der Waals surface area contributed by atoms with Crippen LogP contribution in [-0.2, 0) is 16.0 Å². The van der Waals surface area contributed by atoms with E-state index in [-0.39, 0.29) is 24.8 Å². The molecule has 0 saturated carbocycles. The van der Waals surface area contributed by atoms with E-state index >= 15 is 0 Å². The number of aromatic nitrogens is 1. The fourth-order valence-electron chi connectivity index (χ4n) is 2.41. The number of amides is 2. The van der Waals surface area contributed by atoms with Crippen LogP contribution in [0.2, 0.25) is 0 Å². The summed E-state index contributed by atoms with van der Waals surface area (Å²) >= 11 is 0. The molecule has 0 aliphatic rings. The standard InChI is InChI=1S/C18H21N3O5/c1-11-15(12(2)26-21-11)7-8-16(22)20-14-5-3-13(4-6-14)18(25)19-10-9-17(23)24/h3-6H,7-10H2,1-2H3,(H,19,25)(H,20,22)(H,23,24). The Bertz CT molecular complexity index is 776. The van der Waals surface area contributed by atoms with Crippen LogP contribution in [0.4, 0.5) is 5.69 Å². The van der Waals surface area contributed by atoms with Crippen LogP contribution in [0.3, 0.4) is 0 Å². The Balaban J connectivity index is 1.83. The van der Waals surface area contributed by atoms with Crippen molar-refractivity contribution in [2.24, 2.45) is 0 Å². The van der Waals surface area contributed by atoms with Crippen molar-refractivity contribution in [1.82, 2.24) is 10.5 Å². The number of rotatable bonds is 8. The van der Waals surface area contributed by atoms with E-state index in [2.05, 4.69) is 15.8 Å². The summed E-state index contributed by atoms with van der Waals surface area (Å²) < 4.78 is 5.07. The summed E-state index contributed by atoms with van der Waals surface area (Å²) in [6.07, 6.45) is 0.697. The maximum Gasteiger partial charge on any atom is 0.305 e. The smallest absolute Gasteiger partial charge is 0.305 e. The number of nitrogens with one attached hydrogen (secondary N) is 2. The molecule has 0 spiro atoms. The van der Waals surface area contributed by atoms with Gasteiger partial charge in [-0.3, -0.25) is 14.4 Å². The van der Waals surface area contributed by atoms with E-state index in [4.69, 9.17) is 9.63 Å². The largest absolute Gasteiger partial charge is 0.481 e. The van der Waals surface area contributed by atoms with Crippen LogP contribution < -0.4 is 10.6 Å². The summed E-state index contributed by atoms with van der Waals surface area (Å²) in [4.78, 5) is 34.3. The van der Waals surface area contributed by atoms with Crippen molar-refractivity contribution < 1.29 is 24.0 Å². The van der Waals surface area contributed by atoms with Crippen LogP contribution in [-0.4, -0.2) is 34.6 Å². The van der Waals surface area contributed by atoms with Crippen molar-refractivity contribution in [1.29, 1.82) is 0 Å². The van der Waals surface area contributed by atoms with Crippen molar-refractivity contribution in [3.05, 3.63) is 46.8 Å². The molecule has 0 fully saturated rings. The molecule has 2 amide bonds. The molecule has 0 saturated heterocycles. The second-order valence-corrected chi connectivity index (χ2v) is 5.83. The maximum absolute atomic E-state index is 12.1. The Hall–Kier alpha value is -3.16. The van der Waals surface area contributed by atoms with Gasteiger partial charge in [-0.05, 0) is 44.5 Å². The van der Waals surface area contributed by atoms with Gasteiger partial charge in [0.05, 0.1) is 12.1 Å². The Kier molecular flexibility index (Phi) is 6.48. The number of aliphatic carboxylic acids is 1. The number of benzene rings is 1. The van der Waals surface area contributed by atoms with Gasteiger partial charge in [-0.25, -0.2) is 0 Å². The molecule has 0 aliphatic carbocycles. The molecule has 8 nitrogen and oxygen atoms in total. The van der Waals surface area contributed by atoms with E-state index in [0.29, 0.717) is 29.9 Å². The van der Waals surface area contributed by atoms with Gasteiger partial charge in [0, 0.05) is 29.8 Å². The monoisotopic (exact) mass is 359 g/mol. The lowest BCUT2D eigenvalue weighted by Gasteiger charge is -2.07. The summed E-state index contributed by atoms with van der Waals surface area (Å²) in [6.45, 7) is 3.71. The molecule has 0 aliphatic heterocycles. The molecule has 1 aromatic carbocycles. The number of hydrogen-bond acceptors (Lipinski definition) is 5. The van der Waals surface area contributed by atoms with Gasteiger partial charge >= 0.3 is 5.97 Å². The topological polar surface area (TPSA) is 122 Å². The van der Waals surface area contributed by atoms with Crippen LogP contribution in [0.15, 0.2) is 28.8 Å². The summed E-state index contributed by atoms with van der Waals surface area (Å²) in [5, 5.41) is 17.7. The van der Waals surface area contributed by atoms with Crippen LogP contribution in [0.5, 0.6) is 0 Å². The molecule has 3 N–H and O–H groups in total. The summed E-state index contributed by atoms with van der Waals surface area (Å²) in [7, 11) is 0. The fourth-order valence-corrected chi connectivity index (χ4v) is 2.41. The van der Waals surface area contributed by atoms with Crippen LogP contribution >= 0.6 is 0 Å². The first-order chi connectivity index (χ1) is 12.4. The molecule has 0 atom stereocenters. The highest BCUT2D eigenvalue weighted by molar-refractivity contribution is 5.96. The molecule has 0 unspecified atom stereocenters. The second kappa shape index (κ2) is 8.80. The third-order valence-corrected chi connectivity index (χ3v) is 3.84. The van der Waals surface area contributed by atoms with Crippen LogP contribution in [0.1, 0.15) is 40.2 Å². The van der Waals surface area contributed by atoms with Crippen molar-refractivity contribution in [2.45, 2.75) is 33.1 Å². The highest BCUT2D eigenvalue weighted by atomic mass is 16.5. The highest BCUT2D eigenvalue weighted by Crippen LogP contribution is 2.15. The number of carbonyl (C=O) groups is 3. The first kappa shape index (κ1) is 19.2. The average Bonchev–Trinajstić information content (AvgIpc) is 2.91. The summed E-state index contributed by atoms with van der Waals surface area (Å²) in [5.74, 6) is -0.764. The zero-order valence-corrected chi connectivity index (χ0v) is 14.7. The quantitative estimate of drug-likeness (QED) is 0.663. The van der Waals surface area contributed by atoms with E-state index in [1.54, 1.807) is 24.3 Å². The van der Waals surface area contributed by atoms with E-state index in [1.165, 1.54) is 0 Å². The van der Waals surface area contributed by atoms with Gasteiger partial charge in [-0.2, -0.15) is 0 Å². The first-order valence-corrected chi connectivity index (χ1v) is 8.18. The summed E-state index contributed by atoms with van der Waals surface area (Å²) in [5.41, 5.74) is 2.70. The maximum atomic E-state index is 12.1. The number of anilines is 1. The molecule has 138 valence electrons. The van der Waals surface area contributed by atoms with E-state index in [0.717, 1.165) is 11.3 Å². The van der Waals surface area contributed by atoms with Crippen molar-refractivity contribution in [3.63, 3.8) is 0 Å². The van der Waals surface area contributed by atoms with Gasteiger partial charge in [0.15, 0.2) is 0 Å². The Morgan fingerprint density at radius 1 is 1.12 bits per heavy atom. The normalized spacial score (nSPS) is 10.4. The van der Waals surface area contributed by atoms with Gasteiger partial charge in [0.1, 0.15) is 5.76 Å². The zero-order chi connectivity index (χ0) is 19.1. The Morgan fingerprint density at radius 3 is 2.38 bits per heavy atom. The van der Waals surface area contributed by atoms with Gasteiger partial charge in [0.2, 0.25) is 5.91 Å². The SMILES string of the molecule is Cc1noc(C)c1CCC(=O)Nc1ccc(C(=O)NCCC(=O)O)cc1. The van der Waals surface area contributed by atoms with Crippen LogP contribution in [0.25, 0.3) is 0 Å². The zero-order valence-electron chi connectivity index (χ0n) is 14.7. The van der Waals surface area contributed by atoms with Crippen molar-refractivity contribution in [3.8, 4) is 0 Å². The molecule has 2 rings (SSSR count). The molecule has 1 heterocycles. The van der Waals surface area contributed by atoms with E-state index < -0.39 is 5.97 Å². The number of carboxylic acid groups (broad SMARTS) is 1. The lowest BCUT2D eigenvalue weighted by Crippen LogP contribution is -2.25. The average molecular weight is 359 g/mol. The first-order valence-electron chi connectivity index (χ1n) is 8.18. The number of aryl methyl sites for hydroxylation is 2. The number of nitrogens with zero attached hydrogens (tertiary/aromatic N) is 1. The molecule has 1 aromatic heterocycles. The van der Waals surface area contributed by atoms with E-state index in [9.17, 15) is 14.4 Å². The highest BCUT2D eigenvalue weighted by Gasteiger charge is 2.12. The molecule has 0 bridgehead atoms. The predicted molar refractivity (Wildman–Crippen MR) is 94.0 cm³/mol. The Labute approximate surface area is 150 Å². The molecule has 26 heavy (non-hydrogen) atoms. The minimum absolute atomic E-state index is 0.0638. The third-order valence-electron chi connectivity index (χ3n) is 3.84. The lowest BCUT2D eigenvalue weighted by atomic mass is 10.1. The number of hydrogen-bond donors (Lipinski definition) is 3. The van der Waals surface area contributed by atoms with Crippen molar-refractivity contribution in [2.75, 3.05) is 11.9 Å².